The Kier molecular flexibility index (Phi) is 4.31. The van der Waals surface area contributed by atoms with Crippen LogP contribution in [0.1, 0.15) is 38.8 Å². The van der Waals surface area contributed by atoms with Crippen molar-refractivity contribution >= 4 is 11.8 Å². The van der Waals surface area contributed by atoms with Gasteiger partial charge in [-0.1, -0.05) is 42.0 Å². The molecule has 2 aromatic carbocycles. The zero-order valence-electron chi connectivity index (χ0n) is 11.6. The highest BCUT2D eigenvalue weighted by Crippen LogP contribution is 2.13. The van der Waals surface area contributed by atoms with Gasteiger partial charge >= 0.3 is 5.97 Å². The first kappa shape index (κ1) is 14.0. The quantitative estimate of drug-likeness (QED) is 0.630. The van der Waals surface area contributed by atoms with E-state index in [1.54, 1.807) is 43.3 Å². The van der Waals surface area contributed by atoms with E-state index in [0.717, 1.165) is 5.56 Å². The molecule has 0 saturated carbocycles. The van der Waals surface area contributed by atoms with Gasteiger partial charge in [-0.15, -0.1) is 0 Å². The molecule has 102 valence electrons. The molecule has 0 unspecified atom stereocenters. The summed E-state index contributed by atoms with van der Waals surface area (Å²) < 4.78 is 4.93. The van der Waals surface area contributed by atoms with E-state index in [2.05, 4.69) is 0 Å². The number of carbonyl (C=O) groups excluding carboxylic acids is 2. The maximum absolute atomic E-state index is 12.3. The molecular formula is C17H16O3. The minimum absolute atomic E-state index is 0.101. The molecule has 0 aliphatic carbocycles. The van der Waals surface area contributed by atoms with Gasteiger partial charge in [0, 0.05) is 11.1 Å². The van der Waals surface area contributed by atoms with Gasteiger partial charge in [0.2, 0.25) is 0 Å². The maximum Gasteiger partial charge on any atom is 0.338 e. The van der Waals surface area contributed by atoms with E-state index in [0.29, 0.717) is 23.3 Å². The minimum Gasteiger partial charge on any atom is -0.462 e. The van der Waals surface area contributed by atoms with Gasteiger partial charge < -0.3 is 4.74 Å². The molecule has 3 heteroatoms. The van der Waals surface area contributed by atoms with Gasteiger partial charge in [0.1, 0.15) is 0 Å². The van der Waals surface area contributed by atoms with Gasteiger partial charge in [-0.2, -0.15) is 0 Å². The Morgan fingerprint density at radius 2 is 1.60 bits per heavy atom. The Balaban J connectivity index is 2.28. The van der Waals surface area contributed by atoms with Crippen LogP contribution in [-0.4, -0.2) is 18.4 Å². The first-order valence-corrected chi connectivity index (χ1v) is 6.50. The van der Waals surface area contributed by atoms with E-state index in [1.165, 1.54) is 0 Å². The minimum atomic E-state index is -0.411. The molecular weight excluding hydrogens is 252 g/mol. The molecule has 20 heavy (non-hydrogen) atoms. The molecule has 0 spiro atoms. The molecule has 0 amide bonds. The molecule has 0 aromatic heterocycles. The van der Waals surface area contributed by atoms with Crippen molar-refractivity contribution in [1.29, 1.82) is 0 Å². The van der Waals surface area contributed by atoms with Gasteiger partial charge in [0.15, 0.2) is 5.78 Å². The molecule has 3 nitrogen and oxygen atoms in total. The van der Waals surface area contributed by atoms with E-state index in [4.69, 9.17) is 4.74 Å². The molecule has 0 aliphatic heterocycles. The van der Waals surface area contributed by atoms with Gasteiger partial charge in [0.05, 0.1) is 12.2 Å². The Labute approximate surface area is 118 Å². The number of carbonyl (C=O) groups is 2. The van der Waals surface area contributed by atoms with Crippen molar-refractivity contribution in [3.63, 3.8) is 0 Å². The molecule has 0 saturated heterocycles. The highest BCUT2D eigenvalue weighted by Gasteiger charge is 2.12. The molecule has 0 fully saturated rings. The van der Waals surface area contributed by atoms with Crippen molar-refractivity contribution in [3.8, 4) is 0 Å². The summed E-state index contributed by atoms with van der Waals surface area (Å²) in [5.74, 6) is -0.512. The van der Waals surface area contributed by atoms with Crippen LogP contribution in [0.3, 0.4) is 0 Å². The first-order valence-electron chi connectivity index (χ1n) is 6.50. The lowest BCUT2D eigenvalue weighted by molar-refractivity contribution is 0.0526. The summed E-state index contributed by atoms with van der Waals surface area (Å²) in [6, 6.07) is 14.0. The Hall–Kier alpha value is -2.42. The molecule has 0 bridgehead atoms. The smallest absolute Gasteiger partial charge is 0.338 e. The van der Waals surface area contributed by atoms with E-state index in [-0.39, 0.29) is 5.78 Å². The van der Waals surface area contributed by atoms with Crippen molar-refractivity contribution in [2.24, 2.45) is 0 Å². The highest BCUT2D eigenvalue weighted by atomic mass is 16.5. The summed E-state index contributed by atoms with van der Waals surface area (Å²) in [5.41, 5.74) is 2.59. The zero-order valence-corrected chi connectivity index (χ0v) is 11.6. The topological polar surface area (TPSA) is 43.4 Å². The number of hydrogen-bond donors (Lipinski definition) is 0. The van der Waals surface area contributed by atoms with Gasteiger partial charge in [-0.05, 0) is 26.0 Å². The average Bonchev–Trinajstić information content (AvgIpc) is 2.48. The monoisotopic (exact) mass is 268 g/mol. The van der Waals surface area contributed by atoms with Crippen molar-refractivity contribution in [3.05, 3.63) is 70.8 Å². The lowest BCUT2D eigenvalue weighted by Gasteiger charge is -2.05. The number of aryl methyl sites for hydroxylation is 1. The molecule has 0 radical (unpaired) electrons. The summed E-state index contributed by atoms with van der Waals surface area (Å²) in [6.45, 7) is 4.03. The molecule has 0 atom stereocenters. The van der Waals surface area contributed by atoms with Crippen LogP contribution in [0.5, 0.6) is 0 Å². The Morgan fingerprint density at radius 3 is 2.25 bits per heavy atom. The lowest BCUT2D eigenvalue weighted by Crippen LogP contribution is -2.07. The van der Waals surface area contributed by atoms with Crippen LogP contribution in [0.2, 0.25) is 0 Å². The fourth-order valence-electron chi connectivity index (χ4n) is 1.87. The number of ether oxygens (including phenoxy) is 1. The maximum atomic E-state index is 12.3. The molecule has 2 aromatic rings. The molecule has 0 aliphatic rings. The number of hydrogen-bond acceptors (Lipinski definition) is 3. The van der Waals surface area contributed by atoms with Gasteiger partial charge in [0.25, 0.3) is 0 Å². The van der Waals surface area contributed by atoms with Crippen LogP contribution in [0.25, 0.3) is 0 Å². The SMILES string of the molecule is CCOC(=O)c1cccc(C(=O)c2ccc(C)cc2)c1. The van der Waals surface area contributed by atoms with Crippen LogP contribution in [0, 0.1) is 6.92 Å². The number of esters is 1. The Bertz CT molecular complexity index is 627. The van der Waals surface area contributed by atoms with Crippen molar-refractivity contribution < 1.29 is 14.3 Å². The fraction of sp³-hybridized carbons (Fsp3) is 0.176. The zero-order chi connectivity index (χ0) is 14.5. The third-order valence-electron chi connectivity index (χ3n) is 2.95. The summed E-state index contributed by atoms with van der Waals surface area (Å²) in [7, 11) is 0. The van der Waals surface area contributed by atoms with Crippen molar-refractivity contribution in [1.82, 2.24) is 0 Å². The molecule has 2 rings (SSSR count). The third-order valence-corrected chi connectivity index (χ3v) is 2.95. The predicted octanol–water partition coefficient (Wildman–Crippen LogP) is 3.40. The number of benzene rings is 2. The van der Waals surface area contributed by atoms with Crippen molar-refractivity contribution in [2.45, 2.75) is 13.8 Å². The lowest BCUT2D eigenvalue weighted by atomic mass is 10.0. The standard InChI is InChI=1S/C17H16O3/c1-3-20-17(19)15-6-4-5-14(11-15)16(18)13-9-7-12(2)8-10-13/h4-11H,3H2,1-2H3. The normalized spacial score (nSPS) is 10.1. The molecule has 0 N–H and O–H groups in total. The summed E-state index contributed by atoms with van der Waals surface area (Å²) in [6.07, 6.45) is 0. The van der Waals surface area contributed by atoms with Gasteiger partial charge in [-0.25, -0.2) is 4.79 Å². The third kappa shape index (κ3) is 3.12. The van der Waals surface area contributed by atoms with Crippen LogP contribution in [0.4, 0.5) is 0 Å². The number of ketones is 1. The van der Waals surface area contributed by atoms with E-state index < -0.39 is 5.97 Å². The molecule has 0 heterocycles. The van der Waals surface area contributed by atoms with Crippen LogP contribution >= 0.6 is 0 Å². The fourth-order valence-corrected chi connectivity index (χ4v) is 1.87. The second-order valence-corrected chi connectivity index (χ2v) is 4.50. The second kappa shape index (κ2) is 6.15. The van der Waals surface area contributed by atoms with E-state index in [1.807, 2.05) is 19.1 Å². The largest absolute Gasteiger partial charge is 0.462 e. The summed E-state index contributed by atoms with van der Waals surface area (Å²) >= 11 is 0. The Morgan fingerprint density at radius 1 is 0.950 bits per heavy atom. The number of rotatable bonds is 4. The van der Waals surface area contributed by atoms with E-state index in [9.17, 15) is 9.59 Å². The van der Waals surface area contributed by atoms with Crippen LogP contribution in [-0.2, 0) is 4.74 Å². The first-order chi connectivity index (χ1) is 9.61. The highest BCUT2D eigenvalue weighted by molar-refractivity contribution is 6.09. The average molecular weight is 268 g/mol. The van der Waals surface area contributed by atoms with Crippen LogP contribution in [0.15, 0.2) is 48.5 Å². The predicted molar refractivity (Wildman–Crippen MR) is 77.0 cm³/mol. The summed E-state index contributed by atoms with van der Waals surface area (Å²) in [5, 5.41) is 0. The van der Waals surface area contributed by atoms with Crippen molar-refractivity contribution in [2.75, 3.05) is 6.61 Å². The van der Waals surface area contributed by atoms with E-state index >= 15 is 0 Å². The second-order valence-electron chi connectivity index (χ2n) is 4.50. The van der Waals surface area contributed by atoms with Crippen LogP contribution < -0.4 is 0 Å². The summed E-state index contributed by atoms with van der Waals surface area (Å²) in [4.78, 5) is 24.0. The van der Waals surface area contributed by atoms with Gasteiger partial charge in [-0.3, -0.25) is 4.79 Å².